The van der Waals surface area contributed by atoms with Crippen LogP contribution in [0.1, 0.15) is 28.9 Å². The topological polar surface area (TPSA) is 43.2 Å². The van der Waals surface area contributed by atoms with Crippen molar-refractivity contribution in [3.63, 3.8) is 0 Å². The molecule has 4 nitrogen and oxygen atoms in total. The molecule has 1 aromatic rings. The monoisotopic (exact) mass is 278 g/mol. The number of hydrogen-bond acceptors (Lipinski definition) is 5. The maximum atomic E-state index is 8.89. The molecule has 0 radical (unpaired) electrons. The molecule has 0 unspecified atom stereocenters. The molecule has 0 aromatic carbocycles. The van der Waals surface area contributed by atoms with E-state index in [4.69, 9.17) is 10.2 Å². The molecule has 1 saturated heterocycles. The minimum absolute atomic E-state index is 0.510. The summed E-state index contributed by atoms with van der Waals surface area (Å²) in [4.78, 5) is 10.7. The van der Waals surface area contributed by atoms with Gasteiger partial charge in [-0.05, 0) is 13.5 Å². The lowest BCUT2D eigenvalue weighted by Crippen LogP contribution is -2.43. The molecule has 0 amide bonds. The molecule has 0 bridgehead atoms. The van der Waals surface area contributed by atoms with Crippen LogP contribution in [0.5, 0.6) is 0 Å². The van der Waals surface area contributed by atoms with Crippen LogP contribution in [0.3, 0.4) is 0 Å². The summed E-state index contributed by atoms with van der Waals surface area (Å²) < 4.78 is 0. The Morgan fingerprint density at radius 1 is 1.32 bits per heavy atom. The Balaban J connectivity index is 2.00. The van der Waals surface area contributed by atoms with Crippen molar-refractivity contribution in [2.24, 2.45) is 0 Å². The highest BCUT2D eigenvalue weighted by Crippen LogP contribution is 2.22. The summed E-state index contributed by atoms with van der Waals surface area (Å²) in [5.41, 5.74) is 1.15. The first-order valence-corrected chi connectivity index (χ1v) is 7.80. The van der Waals surface area contributed by atoms with E-state index in [-0.39, 0.29) is 0 Å². The number of likely N-dealkylation sites (N-methyl/N-ethyl adjacent to an activating group) is 1. The smallest absolute Gasteiger partial charge is 0.107 e. The molecule has 2 heterocycles. The Bertz CT molecular complexity index is 441. The van der Waals surface area contributed by atoms with E-state index in [1.54, 1.807) is 11.3 Å². The fourth-order valence-corrected chi connectivity index (χ4v) is 3.43. The molecule has 0 N–H and O–H groups in total. The Morgan fingerprint density at radius 2 is 2.05 bits per heavy atom. The molecule has 104 valence electrons. The lowest BCUT2D eigenvalue weighted by atomic mass is 10.2. The van der Waals surface area contributed by atoms with E-state index in [1.165, 1.54) is 9.88 Å². The van der Waals surface area contributed by atoms with Crippen LogP contribution in [0.25, 0.3) is 0 Å². The Kier molecular flexibility index (Phi) is 5.32. The quantitative estimate of drug-likeness (QED) is 0.825. The first-order valence-electron chi connectivity index (χ1n) is 6.98. The summed E-state index contributed by atoms with van der Waals surface area (Å²) in [7, 11) is 2.17. The van der Waals surface area contributed by atoms with Crippen molar-refractivity contribution < 1.29 is 0 Å². The summed E-state index contributed by atoms with van der Waals surface area (Å²) in [5, 5.41) is 10.1. The van der Waals surface area contributed by atoms with Gasteiger partial charge in [-0.1, -0.05) is 13.3 Å². The van der Waals surface area contributed by atoms with Crippen LogP contribution in [0.2, 0.25) is 0 Å². The van der Waals surface area contributed by atoms with Crippen LogP contribution in [0, 0.1) is 11.3 Å². The highest BCUT2D eigenvalue weighted by Gasteiger charge is 2.17. The van der Waals surface area contributed by atoms with Gasteiger partial charge in [0, 0.05) is 31.1 Å². The van der Waals surface area contributed by atoms with Gasteiger partial charge in [0.05, 0.1) is 24.7 Å². The van der Waals surface area contributed by atoms with Gasteiger partial charge in [0.25, 0.3) is 0 Å². The van der Waals surface area contributed by atoms with Crippen molar-refractivity contribution >= 4 is 11.3 Å². The maximum Gasteiger partial charge on any atom is 0.107 e. The van der Waals surface area contributed by atoms with Crippen LogP contribution in [-0.4, -0.2) is 48.0 Å². The van der Waals surface area contributed by atoms with Crippen LogP contribution in [-0.2, 0) is 19.4 Å². The number of hydrogen-bond donors (Lipinski definition) is 0. The van der Waals surface area contributed by atoms with Crippen molar-refractivity contribution in [2.45, 2.75) is 32.7 Å². The van der Waals surface area contributed by atoms with E-state index in [1.807, 2.05) is 0 Å². The number of thiazole rings is 1. The maximum absolute atomic E-state index is 8.89. The van der Waals surface area contributed by atoms with Crippen LogP contribution in [0.15, 0.2) is 0 Å². The van der Waals surface area contributed by atoms with E-state index in [2.05, 4.69) is 29.8 Å². The van der Waals surface area contributed by atoms with Crippen molar-refractivity contribution in [2.75, 3.05) is 33.2 Å². The van der Waals surface area contributed by atoms with E-state index in [0.717, 1.165) is 51.3 Å². The Hall–Kier alpha value is -0.960. The molecule has 0 atom stereocenters. The van der Waals surface area contributed by atoms with E-state index in [0.29, 0.717) is 6.42 Å². The average molecular weight is 278 g/mol. The molecule has 1 aliphatic heterocycles. The van der Waals surface area contributed by atoms with Crippen LogP contribution in [0.4, 0.5) is 0 Å². The number of aromatic nitrogens is 1. The van der Waals surface area contributed by atoms with Crippen molar-refractivity contribution in [1.82, 2.24) is 14.8 Å². The Morgan fingerprint density at radius 3 is 2.68 bits per heavy atom. The van der Waals surface area contributed by atoms with Gasteiger partial charge in [0.2, 0.25) is 0 Å². The van der Waals surface area contributed by atoms with Gasteiger partial charge in [0.15, 0.2) is 0 Å². The Labute approximate surface area is 119 Å². The number of aryl methyl sites for hydroxylation is 1. The zero-order valence-corrected chi connectivity index (χ0v) is 12.7. The fourth-order valence-electron chi connectivity index (χ4n) is 2.34. The van der Waals surface area contributed by atoms with E-state index in [9.17, 15) is 0 Å². The highest BCUT2D eigenvalue weighted by molar-refractivity contribution is 7.11. The summed E-state index contributed by atoms with van der Waals surface area (Å²) >= 11 is 1.73. The minimum Gasteiger partial charge on any atom is -0.304 e. The molecule has 1 aromatic heterocycles. The number of nitrogens with zero attached hydrogens (tertiary/aromatic N) is 4. The molecular weight excluding hydrogens is 256 g/mol. The normalized spacial score (nSPS) is 17.5. The number of nitriles is 1. The number of rotatable bonds is 5. The van der Waals surface area contributed by atoms with Crippen molar-refractivity contribution in [3.05, 3.63) is 15.6 Å². The SMILES string of the molecule is CCCc1nc(CN2CCN(C)CC2)sc1CC#N. The van der Waals surface area contributed by atoms with E-state index >= 15 is 0 Å². The second-order valence-electron chi connectivity index (χ2n) is 5.14. The molecule has 0 spiro atoms. The van der Waals surface area contributed by atoms with Gasteiger partial charge in [-0.15, -0.1) is 11.3 Å². The fraction of sp³-hybridized carbons (Fsp3) is 0.714. The third-order valence-electron chi connectivity index (χ3n) is 3.50. The molecular formula is C14H22N4S. The van der Waals surface area contributed by atoms with Gasteiger partial charge >= 0.3 is 0 Å². The van der Waals surface area contributed by atoms with Crippen LogP contribution < -0.4 is 0 Å². The third-order valence-corrected chi connectivity index (χ3v) is 4.59. The zero-order valence-electron chi connectivity index (χ0n) is 11.9. The predicted molar refractivity (Wildman–Crippen MR) is 78.2 cm³/mol. The van der Waals surface area contributed by atoms with Crippen molar-refractivity contribution in [1.29, 1.82) is 5.26 Å². The first-order chi connectivity index (χ1) is 9.22. The van der Waals surface area contributed by atoms with Crippen LogP contribution >= 0.6 is 11.3 Å². The molecule has 1 aliphatic rings. The van der Waals surface area contributed by atoms with Gasteiger partial charge in [-0.2, -0.15) is 5.26 Å². The highest BCUT2D eigenvalue weighted by atomic mass is 32.1. The molecule has 0 saturated carbocycles. The molecule has 19 heavy (non-hydrogen) atoms. The summed E-state index contributed by atoms with van der Waals surface area (Å²) in [6, 6.07) is 2.26. The lowest BCUT2D eigenvalue weighted by molar-refractivity contribution is 0.148. The van der Waals surface area contributed by atoms with Gasteiger partial charge in [0.1, 0.15) is 5.01 Å². The second-order valence-corrected chi connectivity index (χ2v) is 6.31. The third kappa shape index (κ3) is 4.00. The second kappa shape index (κ2) is 6.99. The first kappa shape index (κ1) is 14.4. The summed E-state index contributed by atoms with van der Waals surface area (Å²) in [5.74, 6) is 0. The number of piperazine rings is 1. The average Bonchev–Trinajstić information content (AvgIpc) is 2.75. The largest absolute Gasteiger partial charge is 0.304 e. The van der Waals surface area contributed by atoms with Gasteiger partial charge in [-0.3, -0.25) is 4.90 Å². The summed E-state index contributed by atoms with van der Waals surface area (Å²) in [6.45, 7) is 7.62. The molecule has 5 heteroatoms. The van der Waals surface area contributed by atoms with E-state index < -0.39 is 0 Å². The molecule has 0 aliphatic carbocycles. The standard InChI is InChI=1S/C14H22N4S/c1-3-4-12-13(5-6-15)19-14(16-12)11-18-9-7-17(2)8-10-18/h3-5,7-11H2,1-2H3. The van der Waals surface area contributed by atoms with Gasteiger partial charge < -0.3 is 4.90 Å². The van der Waals surface area contributed by atoms with Gasteiger partial charge in [-0.25, -0.2) is 4.98 Å². The van der Waals surface area contributed by atoms with Crippen molar-refractivity contribution in [3.8, 4) is 6.07 Å². The minimum atomic E-state index is 0.510. The molecule has 1 fully saturated rings. The zero-order chi connectivity index (χ0) is 13.7. The lowest BCUT2D eigenvalue weighted by Gasteiger charge is -2.31. The summed E-state index contributed by atoms with van der Waals surface area (Å²) in [6.07, 6.45) is 2.60. The predicted octanol–water partition coefficient (Wildman–Crippen LogP) is 1.91. The molecule has 2 rings (SSSR count).